The van der Waals surface area contributed by atoms with Gasteiger partial charge in [0.15, 0.2) is 5.16 Å². The SMILES string of the molecule is CN(C)c1ccc([C@@H]2[NH2+]C[C@H](CSc3n[nH]c(=O)n3CCc3ccccc3)O2)cc1. The summed E-state index contributed by atoms with van der Waals surface area (Å²) >= 11 is 1.57. The van der Waals surface area contributed by atoms with Crippen LogP contribution in [0.5, 0.6) is 0 Å². The van der Waals surface area contributed by atoms with Crippen LogP contribution in [0.2, 0.25) is 0 Å². The molecular formula is C22H28N5O2S+. The van der Waals surface area contributed by atoms with E-state index in [-0.39, 0.29) is 18.0 Å². The fourth-order valence-electron chi connectivity index (χ4n) is 3.54. The van der Waals surface area contributed by atoms with Crippen molar-refractivity contribution in [2.24, 2.45) is 0 Å². The van der Waals surface area contributed by atoms with Crippen molar-refractivity contribution in [2.45, 2.75) is 30.5 Å². The molecule has 0 bridgehead atoms. The number of nitrogens with two attached hydrogens (primary N) is 1. The molecule has 2 atom stereocenters. The molecule has 0 aliphatic carbocycles. The summed E-state index contributed by atoms with van der Waals surface area (Å²) in [6, 6.07) is 18.7. The van der Waals surface area contributed by atoms with E-state index in [1.165, 1.54) is 16.8 Å². The maximum absolute atomic E-state index is 12.2. The number of thioether (sulfide) groups is 1. The van der Waals surface area contributed by atoms with Crippen molar-refractivity contribution < 1.29 is 10.1 Å². The molecule has 1 saturated heterocycles. The molecule has 4 rings (SSSR count). The molecule has 3 N–H and O–H groups in total. The highest BCUT2D eigenvalue weighted by molar-refractivity contribution is 7.99. The van der Waals surface area contributed by atoms with E-state index in [9.17, 15) is 4.79 Å². The number of ether oxygens (including phenoxy) is 1. The van der Waals surface area contributed by atoms with E-state index < -0.39 is 0 Å². The zero-order chi connectivity index (χ0) is 20.9. The van der Waals surface area contributed by atoms with E-state index in [0.29, 0.717) is 6.54 Å². The van der Waals surface area contributed by atoms with Gasteiger partial charge in [0, 0.05) is 37.6 Å². The molecule has 0 amide bonds. The predicted molar refractivity (Wildman–Crippen MR) is 119 cm³/mol. The van der Waals surface area contributed by atoms with Gasteiger partial charge in [0.1, 0.15) is 12.6 Å². The third kappa shape index (κ3) is 4.95. The third-order valence-electron chi connectivity index (χ3n) is 5.28. The monoisotopic (exact) mass is 426 g/mol. The molecule has 2 heterocycles. The van der Waals surface area contributed by atoms with E-state index >= 15 is 0 Å². The lowest BCUT2D eigenvalue weighted by Gasteiger charge is -2.14. The van der Waals surface area contributed by atoms with Crippen LogP contribution < -0.4 is 15.9 Å². The largest absolute Gasteiger partial charge is 0.378 e. The molecule has 2 aromatic carbocycles. The first-order valence-electron chi connectivity index (χ1n) is 10.2. The molecule has 1 aliphatic rings. The molecule has 1 aliphatic heterocycles. The maximum atomic E-state index is 12.2. The minimum atomic E-state index is -0.161. The Morgan fingerprint density at radius 3 is 2.70 bits per heavy atom. The van der Waals surface area contributed by atoms with Crippen LogP contribution in [0.4, 0.5) is 5.69 Å². The molecule has 0 saturated carbocycles. The summed E-state index contributed by atoms with van der Waals surface area (Å²) in [5.41, 5.74) is 3.40. The zero-order valence-corrected chi connectivity index (χ0v) is 18.1. The topological polar surface area (TPSA) is 79.8 Å². The van der Waals surface area contributed by atoms with Gasteiger partial charge in [-0.3, -0.25) is 4.57 Å². The Morgan fingerprint density at radius 2 is 1.97 bits per heavy atom. The fraction of sp³-hybridized carbons (Fsp3) is 0.364. The Kier molecular flexibility index (Phi) is 6.56. The summed E-state index contributed by atoms with van der Waals surface area (Å²) in [7, 11) is 4.07. The van der Waals surface area contributed by atoms with Gasteiger partial charge in [-0.2, -0.15) is 0 Å². The van der Waals surface area contributed by atoms with E-state index in [1.807, 2.05) is 32.3 Å². The van der Waals surface area contributed by atoms with Gasteiger partial charge in [0.05, 0.1) is 0 Å². The van der Waals surface area contributed by atoms with Crippen LogP contribution in [-0.2, 0) is 17.7 Å². The molecule has 0 unspecified atom stereocenters. The number of hydrogen-bond acceptors (Lipinski definition) is 5. The lowest BCUT2D eigenvalue weighted by Crippen LogP contribution is -2.82. The van der Waals surface area contributed by atoms with Gasteiger partial charge in [-0.1, -0.05) is 42.1 Å². The van der Waals surface area contributed by atoms with Crippen LogP contribution >= 0.6 is 11.8 Å². The smallest absolute Gasteiger partial charge is 0.343 e. The number of nitrogens with zero attached hydrogens (tertiary/aromatic N) is 3. The summed E-state index contributed by atoms with van der Waals surface area (Å²) < 4.78 is 7.95. The first kappa shape index (κ1) is 20.7. The molecule has 158 valence electrons. The molecule has 0 radical (unpaired) electrons. The van der Waals surface area contributed by atoms with Crippen LogP contribution in [0.3, 0.4) is 0 Å². The van der Waals surface area contributed by atoms with Gasteiger partial charge < -0.3 is 15.0 Å². The molecule has 3 aromatic rings. The van der Waals surface area contributed by atoms with E-state index in [0.717, 1.165) is 23.9 Å². The lowest BCUT2D eigenvalue weighted by molar-refractivity contribution is -0.697. The minimum absolute atomic E-state index is 0.0197. The number of rotatable bonds is 8. The van der Waals surface area contributed by atoms with Crippen LogP contribution in [0, 0.1) is 0 Å². The zero-order valence-electron chi connectivity index (χ0n) is 17.3. The first-order chi connectivity index (χ1) is 14.6. The number of aromatic amines is 1. The van der Waals surface area contributed by atoms with Crippen LogP contribution in [0.25, 0.3) is 0 Å². The highest BCUT2D eigenvalue weighted by Crippen LogP contribution is 2.23. The molecule has 1 fully saturated rings. The average Bonchev–Trinajstić information content (AvgIpc) is 3.38. The van der Waals surface area contributed by atoms with E-state index in [4.69, 9.17) is 4.74 Å². The molecule has 30 heavy (non-hydrogen) atoms. The lowest BCUT2D eigenvalue weighted by atomic mass is 10.1. The number of hydrogen-bond donors (Lipinski definition) is 2. The molecule has 0 spiro atoms. The highest BCUT2D eigenvalue weighted by atomic mass is 32.2. The van der Waals surface area contributed by atoms with Crippen molar-refractivity contribution in [3.63, 3.8) is 0 Å². The second-order valence-corrected chi connectivity index (χ2v) is 8.63. The first-order valence-corrected chi connectivity index (χ1v) is 11.2. The molecule has 1 aromatic heterocycles. The van der Waals surface area contributed by atoms with E-state index in [2.05, 4.69) is 56.8 Å². The quantitative estimate of drug-likeness (QED) is 0.535. The summed E-state index contributed by atoms with van der Waals surface area (Å²) in [5, 5.41) is 9.74. The number of nitrogens with one attached hydrogen (secondary N) is 1. The normalized spacial score (nSPS) is 18.6. The number of aryl methyl sites for hydroxylation is 1. The second-order valence-electron chi connectivity index (χ2n) is 7.65. The number of H-pyrrole nitrogens is 1. The molecule has 8 heteroatoms. The van der Waals surface area contributed by atoms with Crippen molar-refractivity contribution in [1.82, 2.24) is 14.8 Å². The Labute approximate surface area is 180 Å². The van der Waals surface area contributed by atoms with Crippen LogP contribution in [0.1, 0.15) is 17.4 Å². The summed E-state index contributed by atoms with van der Waals surface area (Å²) in [6.07, 6.45) is 0.932. The average molecular weight is 427 g/mol. The second kappa shape index (κ2) is 9.51. The Bertz CT molecular complexity index is 1000. The third-order valence-corrected chi connectivity index (χ3v) is 6.39. The summed E-state index contributed by atoms with van der Waals surface area (Å²) in [4.78, 5) is 14.2. The summed E-state index contributed by atoms with van der Waals surface area (Å²) in [5.74, 6) is 0.762. The standard InChI is InChI=1S/C22H27N5O2S/c1-26(2)18-10-8-17(9-11-18)20-23-14-19(29-20)15-30-22-25-24-21(28)27(22)13-12-16-6-4-3-5-7-16/h3-11,19-20,23H,12-15H2,1-2H3,(H,24,28)/p+1/t19-,20-/m1/s1. The van der Waals surface area contributed by atoms with Gasteiger partial charge in [0.25, 0.3) is 0 Å². The van der Waals surface area contributed by atoms with Crippen molar-refractivity contribution in [3.05, 3.63) is 76.2 Å². The van der Waals surface area contributed by atoms with Crippen molar-refractivity contribution >= 4 is 17.4 Å². The number of anilines is 1. The maximum Gasteiger partial charge on any atom is 0.343 e. The predicted octanol–water partition coefficient (Wildman–Crippen LogP) is 1.63. The van der Waals surface area contributed by atoms with Gasteiger partial charge in [-0.15, -0.1) is 5.10 Å². The summed E-state index contributed by atoms with van der Waals surface area (Å²) in [6.45, 7) is 1.51. The van der Waals surface area contributed by atoms with E-state index in [1.54, 1.807) is 16.3 Å². The Balaban J connectivity index is 1.32. The van der Waals surface area contributed by atoms with Crippen LogP contribution in [0.15, 0.2) is 64.5 Å². The van der Waals surface area contributed by atoms with Crippen molar-refractivity contribution in [1.29, 1.82) is 0 Å². The van der Waals surface area contributed by atoms with Crippen LogP contribution in [-0.4, -0.2) is 47.3 Å². The van der Waals surface area contributed by atoms with Crippen molar-refractivity contribution in [2.75, 3.05) is 31.3 Å². The number of aromatic nitrogens is 3. The number of benzene rings is 2. The Morgan fingerprint density at radius 1 is 1.20 bits per heavy atom. The highest BCUT2D eigenvalue weighted by Gasteiger charge is 2.30. The van der Waals surface area contributed by atoms with Crippen molar-refractivity contribution in [3.8, 4) is 0 Å². The van der Waals surface area contributed by atoms with Gasteiger partial charge in [0.2, 0.25) is 6.23 Å². The number of quaternary nitrogens is 1. The Hall–Kier alpha value is -2.55. The minimum Gasteiger partial charge on any atom is -0.378 e. The molecule has 7 nitrogen and oxygen atoms in total. The van der Waals surface area contributed by atoms with Gasteiger partial charge in [-0.05, 0) is 36.2 Å². The molecular weight excluding hydrogens is 398 g/mol. The van der Waals surface area contributed by atoms with Gasteiger partial charge >= 0.3 is 5.69 Å². The van der Waals surface area contributed by atoms with Gasteiger partial charge in [-0.25, -0.2) is 9.89 Å². The fourth-order valence-corrected chi connectivity index (χ4v) is 4.53.